The summed E-state index contributed by atoms with van der Waals surface area (Å²) in [7, 11) is 1.99. The van der Waals surface area contributed by atoms with Crippen LogP contribution in [0.15, 0.2) is 12.2 Å². The predicted molar refractivity (Wildman–Crippen MR) is 42.6 cm³/mol. The Morgan fingerprint density at radius 3 is 2.44 bits per heavy atom. The lowest BCUT2D eigenvalue weighted by molar-refractivity contribution is 0.646. The maximum Gasteiger partial charge on any atom is 0.0244 e. The van der Waals surface area contributed by atoms with Gasteiger partial charge in [-0.2, -0.15) is 0 Å². The van der Waals surface area contributed by atoms with Gasteiger partial charge >= 0.3 is 0 Å². The van der Waals surface area contributed by atoms with E-state index in [1.54, 1.807) is 0 Å². The van der Waals surface area contributed by atoms with E-state index in [4.69, 9.17) is 0 Å². The van der Waals surface area contributed by atoms with Gasteiger partial charge in [0.15, 0.2) is 0 Å². The van der Waals surface area contributed by atoms with Crippen LogP contribution in [0.2, 0.25) is 0 Å². The van der Waals surface area contributed by atoms with Crippen molar-refractivity contribution in [1.82, 2.24) is 5.32 Å². The molecule has 0 heterocycles. The molecule has 0 radical (unpaired) electrons. The lowest BCUT2D eigenvalue weighted by Crippen LogP contribution is -2.21. The molecule has 1 N–H and O–H groups in total. The lowest BCUT2D eigenvalue weighted by atomic mass is 10.2. The predicted octanol–water partition coefficient (Wildman–Crippen LogP) is 1.95. The fourth-order valence-electron chi connectivity index (χ4n) is 0.737. The van der Waals surface area contributed by atoms with Crippen molar-refractivity contribution in [3.05, 3.63) is 12.2 Å². The summed E-state index contributed by atoms with van der Waals surface area (Å²) < 4.78 is 0. The second-order valence-electron chi connectivity index (χ2n) is 2.14. The van der Waals surface area contributed by atoms with Gasteiger partial charge in [0.1, 0.15) is 0 Å². The van der Waals surface area contributed by atoms with Crippen LogP contribution < -0.4 is 5.32 Å². The van der Waals surface area contributed by atoms with Gasteiger partial charge in [-0.1, -0.05) is 26.0 Å². The molecule has 0 aromatic heterocycles. The molecule has 0 spiro atoms. The highest BCUT2D eigenvalue weighted by atomic mass is 14.8. The van der Waals surface area contributed by atoms with Crippen LogP contribution in [-0.4, -0.2) is 13.1 Å². The van der Waals surface area contributed by atoms with E-state index in [1.807, 2.05) is 7.05 Å². The smallest absolute Gasteiger partial charge is 0.0244 e. The summed E-state index contributed by atoms with van der Waals surface area (Å²) in [5.74, 6) is 0. The third-order valence-corrected chi connectivity index (χ3v) is 1.41. The van der Waals surface area contributed by atoms with Crippen molar-refractivity contribution < 1.29 is 0 Å². The van der Waals surface area contributed by atoms with Crippen LogP contribution in [0.1, 0.15) is 26.7 Å². The largest absolute Gasteiger partial charge is 0.314 e. The molecule has 1 unspecified atom stereocenters. The number of likely N-dealkylation sites (N-methyl/N-ethyl adjacent to an activating group) is 1. The number of rotatable bonds is 4. The summed E-state index contributed by atoms with van der Waals surface area (Å²) >= 11 is 0. The molecule has 0 aliphatic carbocycles. The van der Waals surface area contributed by atoms with E-state index < -0.39 is 0 Å². The van der Waals surface area contributed by atoms with Gasteiger partial charge < -0.3 is 5.32 Å². The van der Waals surface area contributed by atoms with E-state index in [0.29, 0.717) is 6.04 Å². The molecule has 0 aliphatic heterocycles. The van der Waals surface area contributed by atoms with Crippen LogP contribution >= 0.6 is 0 Å². The van der Waals surface area contributed by atoms with Crippen molar-refractivity contribution in [2.75, 3.05) is 7.05 Å². The quantitative estimate of drug-likeness (QED) is 0.569. The molecule has 0 saturated carbocycles. The molecule has 0 aliphatic rings. The van der Waals surface area contributed by atoms with Crippen molar-refractivity contribution >= 4 is 0 Å². The zero-order chi connectivity index (χ0) is 7.11. The first-order chi connectivity index (χ1) is 4.35. The maximum absolute atomic E-state index is 3.20. The summed E-state index contributed by atoms with van der Waals surface area (Å²) in [5.41, 5.74) is 0. The fraction of sp³-hybridized carbons (Fsp3) is 0.750. The van der Waals surface area contributed by atoms with Gasteiger partial charge in [0.25, 0.3) is 0 Å². The van der Waals surface area contributed by atoms with Crippen LogP contribution in [0.3, 0.4) is 0 Å². The van der Waals surface area contributed by atoms with E-state index in [9.17, 15) is 0 Å². The Bertz CT molecular complexity index is 72.6. The Kier molecular flexibility index (Phi) is 5.64. The van der Waals surface area contributed by atoms with Gasteiger partial charge in [0.2, 0.25) is 0 Å². The van der Waals surface area contributed by atoms with Gasteiger partial charge in [0, 0.05) is 6.04 Å². The molecule has 54 valence electrons. The van der Waals surface area contributed by atoms with Gasteiger partial charge in [-0.15, -0.1) is 0 Å². The molecular weight excluding hydrogens is 110 g/mol. The molecule has 0 fully saturated rings. The Morgan fingerprint density at radius 2 is 2.11 bits per heavy atom. The molecule has 0 saturated heterocycles. The number of hydrogen-bond donors (Lipinski definition) is 1. The van der Waals surface area contributed by atoms with Crippen molar-refractivity contribution in [2.24, 2.45) is 0 Å². The van der Waals surface area contributed by atoms with Gasteiger partial charge in [-0.25, -0.2) is 0 Å². The van der Waals surface area contributed by atoms with E-state index in [2.05, 4.69) is 31.3 Å². The standard InChI is InChI=1S/C8H17N/c1-4-6-7-8(5-2)9-3/h6-9H,4-5H2,1-3H3. The molecular formula is C8H17N. The fourth-order valence-corrected chi connectivity index (χ4v) is 0.737. The zero-order valence-electron chi connectivity index (χ0n) is 6.65. The molecule has 0 amide bonds. The summed E-state index contributed by atoms with van der Waals surface area (Å²) in [6.45, 7) is 4.33. The first kappa shape index (κ1) is 8.70. The van der Waals surface area contributed by atoms with E-state index in [1.165, 1.54) is 6.42 Å². The highest BCUT2D eigenvalue weighted by molar-refractivity contribution is 4.90. The Hall–Kier alpha value is -0.300. The monoisotopic (exact) mass is 127 g/mol. The van der Waals surface area contributed by atoms with Crippen molar-refractivity contribution in [3.8, 4) is 0 Å². The summed E-state index contributed by atoms with van der Waals surface area (Å²) in [6.07, 6.45) is 6.73. The van der Waals surface area contributed by atoms with Crippen LogP contribution in [0.25, 0.3) is 0 Å². The van der Waals surface area contributed by atoms with E-state index in [-0.39, 0.29) is 0 Å². The van der Waals surface area contributed by atoms with E-state index >= 15 is 0 Å². The van der Waals surface area contributed by atoms with Crippen molar-refractivity contribution in [3.63, 3.8) is 0 Å². The van der Waals surface area contributed by atoms with Gasteiger partial charge in [0.05, 0.1) is 0 Å². The first-order valence-electron chi connectivity index (χ1n) is 3.69. The summed E-state index contributed by atoms with van der Waals surface area (Å²) in [6, 6.07) is 0.574. The molecule has 1 nitrogen and oxygen atoms in total. The van der Waals surface area contributed by atoms with E-state index in [0.717, 1.165) is 6.42 Å². The average molecular weight is 127 g/mol. The molecule has 0 rings (SSSR count). The maximum atomic E-state index is 3.20. The topological polar surface area (TPSA) is 12.0 Å². The number of nitrogens with one attached hydrogen (secondary N) is 1. The minimum absolute atomic E-state index is 0.574. The Labute approximate surface area is 58.2 Å². The Morgan fingerprint density at radius 1 is 1.44 bits per heavy atom. The summed E-state index contributed by atoms with van der Waals surface area (Å²) in [5, 5.41) is 3.20. The normalized spacial score (nSPS) is 14.6. The van der Waals surface area contributed by atoms with Crippen LogP contribution in [0, 0.1) is 0 Å². The second-order valence-corrected chi connectivity index (χ2v) is 2.14. The van der Waals surface area contributed by atoms with Crippen LogP contribution in [0.5, 0.6) is 0 Å². The zero-order valence-corrected chi connectivity index (χ0v) is 6.65. The third-order valence-electron chi connectivity index (χ3n) is 1.41. The van der Waals surface area contributed by atoms with Crippen molar-refractivity contribution in [2.45, 2.75) is 32.7 Å². The highest BCUT2D eigenvalue weighted by Gasteiger charge is 1.92. The molecule has 0 aromatic rings. The van der Waals surface area contributed by atoms with Crippen LogP contribution in [-0.2, 0) is 0 Å². The first-order valence-corrected chi connectivity index (χ1v) is 3.69. The Balaban J connectivity index is 3.41. The average Bonchev–Trinajstić information content (AvgIpc) is 1.91. The number of hydrogen-bond acceptors (Lipinski definition) is 1. The summed E-state index contributed by atoms with van der Waals surface area (Å²) in [4.78, 5) is 0. The van der Waals surface area contributed by atoms with Gasteiger partial charge in [-0.05, 0) is 19.9 Å². The molecule has 1 atom stereocenters. The minimum atomic E-state index is 0.574. The molecule has 9 heavy (non-hydrogen) atoms. The molecule has 1 heteroatoms. The highest BCUT2D eigenvalue weighted by Crippen LogP contribution is 1.92. The molecule has 0 aromatic carbocycles. The number of allylic oxidation sites excluding steroid dienone is 1. The molecule has 0 bridgehead atoms. The lowest BCUT2D eigenvalue weighted by Gasteiger charge is -2.06. The van der Waals surface area contributed by atoms with Gasteiger partial charge in [-0.3, -0.25) is 0 Å². The second kappa shape index (κ2) is 5.83. The SMILES string of the molecule is CCC=CC(CC)NC. The minimum Gasteiger partial charge on any atom is -0.314 e. The van der Waals surface area contributed by atoms with Crippen molar-refractivity contribution in [1.29, 1.82) is 0 Å². The third kappa shape index (κ3) is 4.22. The van der Waals surface area contributed by atoms with Crippen LogP contribution in [0.4, 0.5) is 0 Å².